The molecule has 6 heteroatoms. The number of fused-ring (bicyclic) bond motifs is 2. The van der Waals surface area contributed by atoms with Gasteiger partial charge in [-0.3, -0.25) is 4.79 Å². The summed E-state index contributed by atoms with van der Waals surface area (Å²) >= 11 is 0. The molecule has 25 heavy (non-hydrogen) atoms. The second-order valence-electron chi connectivity index (χ2n) is 6.43. The lowest BCUT2D eigenvalue weighted by molar-refractivity contribution is 0.0941. The van der Waals surface area contributed by atoms with Crippen molar-refractivity contribution in [1.29, 1.82) is 0 Å². The zero-order valence-corrected chi connectivity index (χ0v) is 15.0. The van der Waals surface area contributed by atoms with Crippen molar-refractivity contribution in [3.05, 3.63) is 29.8 Å². The minimum absolute atomic E-state index is 0.0781. The summed E-state index contributed by atoms with van der Waals surface area (Å²) in [6.07, 6.45) is 2.86. The number of aromatic nitrogens is 3. The molecule has 0 aliphatic rings. The molecule has 1 atom stereocenters. The van der Waals surface area contributed by atoms with Crippen molar-refractivity contribution in [3.8, 4) is 0 Å². The first-order chi connectivity index (χ1) is 12.1. The molecule has 3 rings (SSSR count). The Labute approximate surface area is 147 Å². The number of carbonyl (C=O) groups excluding carboxylic acids is 1. The van der Waals surface area contributed by atoms with Gasteiger partial charge in [-0.25, -0.2) is 9.97 Å². The van der Waals surface area contributed by atoms with Crippen molar-refractivity contribution in [2.45, 2.75) is 52.6 Å². The van der Waals surface area contributed by atoms with Crippen LogP contribution in [0.2, 0.25) is 0 Å². The van der Waals surface area contributed by atoms with E-state index in [0.717, 1.165) is 36.8 Å². The number of benzene rings is 1. The van der Waals surface area contributed by atoms with Crippen LogP contribution in [0.25, 0.3) is 22.2 Å². The van der Waals surface area contributed by atoms with Crippen LogP contribution in [0.5, 0.6) is 0 Å². The number of aryl methyl sites for hydroxylation is 1. The fourth-order valence-corrected chi connectivity index (χ4v) is 2.88. The molecule has 0 aliphatic carbocycles. The van der Waals surface area contributed by atoms with Crippen LogP contribution in [0.15, 0.2) is 24.3 Å². The second kappa shape index (κ2) is 7.09. The molecule has 0 bridgehead atoms. The summed E-state index contributed by atoms with van der Waals surface area (Å²) in [5.41, 5.74) is 9.62. The van der Waals surface area contributed by atoms with Gasteiger partial charge in [0.2, 0.25) is 0 Å². The molecule has 0 saturated carbocycles. The minimum atomic E-state index is -0.184. The van der Waals surface area contributed by atoms with Crippen molar-refractivity contribution >= 4 is 33.9 Å². The maximum Gasteiger partial charge on any atom is 0.257 e. The van der Waals surface area contributed by atoms with E-state index in [0.29, 0.717) is 22.5 Å². The molecule has 1 unspecified atom stereocenters. The Balaban J connectivity index is 2.21. The van der Waals surface area contributed by atoms with Crippen LogP contribution in [0.4, 0.5) is 5.82 Å². The summed E-state index contributed by atoms with van der Waals surface area (Å²) in [7, 11) is 0. The number of hydrogen-bond acceptors (Lipinski definition) is 4. The molecular formula is C19H25N5O. The lowest BCUT2D eigenvalue weighted by Gasteiger charge is -2.11. The zero-order chi connectivity index (χ0) is 18.0. The van der Waals surface area contributed by atoms with Crippen molar-refractivity contribution in [2.75, 3.05) is 5.73 Å². The molecule has 0 radical (unpaired) electrons. The average molecular weight is 339 g/mol. The monoisotopic (exact) mass is 339 g/mol. The minimum Gasteiger partial charge on any atom is -0.384 e. The van der Waals surface area contributed by atoms with Gasteiger partial charge in [-0.1, -0.05) is 32.4 Å². The summed E-state index contributed by atoms with van der Waals surface area (Å²) in [6.45, 7) is 6.86. The maximum atomic E-state index is 12.8. The van der Waals surface area contributed by atoms with Crippen LogP contribution in [0.1, 0.15) is 50.4 Å². The third-order valence-electron chi connectivity index (χ3n) is 4.54. The number of anilines is 1. The van der Waals surface area contributed by atoms with Gasteiger partial charge in [-0.2, -0.15) is 0 Å². The Morgan fingerprint density at radius 2 is 1.92 bits per heavy atom. The van der Waals surface area contributed by atoms with Gasteiger partial charge in [-0.15, -0.1) is 0 Å². The van der Waals surface area contributed by atoms with E-state index in [1.807, 2.05) is 42.7 Å². The number of nitrogens with two attached hydrogens (primary N) is 1. The SMILES string of the molecule is CCCCn1c(N)c(C(=O)NC(C)CC)c2nc3ccccc3nc21. The van der Waals surface area contributed by atoms with E-state index in [1.54, 1.807) is 0 Å². The van der Waals surface area contributed by atoms with Crippen LogP contribution in [-0.2, 0) is 6.54 Å². The number of nitrogens with one attached hydrogen (secondary N) is 1. The van der Waals surface area contributed by atoms with Crippen LogP contribution in [0.3, 0.4) is 0 Å². The average Bonchev–Trinajstić information content (AvgIpc) is 2.88. The van der Waals surface area contributed by atoms with E-state index < -0.39 is 0 Å². The molecule has 0 saturated heterocycles. The van der Waals surface area contributed by atoms with Gasteiger partial charge in [0.05, 0.1) is 11.0 Å². The fourth-order valence-electron chi connectivity index (χ4n) is 2.88. The topological polar surface area (TPSA) is 85.8 Å². The highest BCUT2D eigenvalue weighted by molar-refractivity contribution is 6.10. The number of amides is 1. The number of rotatable bonds is 6. The van der Waals surface area contributed by atoms with E-state index in [1.165, 1.54) is 0 Å². The van der Waals surface area contributed by atoms with E-state index in [9.17, 15) is 4.79 Å². The van der Waals surface area contributed by atoms with Crippen molar-refractivity contribution in [2.24, 2.45) is 0 Å². The van der Waals surface area contributed by atoms with E-state index >= 15 is 0 Å². The normalized spacial score (nSPS) is 12.6. The van der Waals surface area contributed by atoms with Crippen LogP contribution >= 0.6 is 0 Å². The summed E-state index contributed by atoms with van der Waals surface area (Å²) < 4.78 is 1.92. The maximum absolute atomic E-state index is 12.8. The van der Waals surface area contributed by atoms with E-state index in [-0.39, 0.29) is 11.9 Å². The van der Waals surface area contributed by atoms with Gasteiger partial charge in [-0.05, 0) is 31.9 Å². The highest BCUT2D eigenvalue weighted by atomic mass is 16.1. The molecule has 2 aromatic heterocycles. The highest BCUT2D eigenvalue weighted by Crippen LogP contribution is 2.28. The van der Waals surface area contributed by atoms with Crippen molar-refractivity contribution < 1.29 is 4.79 Å². The number of unbranched alkanes of at least 4 members (excludes halogenated alkanes) is 1. The molecule has 0 fully saturated rings. The van der Waals surface area contributed by atoms with Crippen LogP contribution in [-0.4, -0.2) is 26.5 Å². The Bertz CT molecular complexity index is 915. The summed E-state index contributed by atoms with van der Waals surface area (Å²) in [5, 5.41) is 3.00. The van der Waals surface area contributed by atoms with Gasteiger partial charge >= 0.3 is 0 Å². The molecule has 0 aliphatic heterocycles. The summed E-state index contributed by atoms with van der Waals surface area (Å²) in [6, 6.07) is 7.75. The first kappa shape index (κ1) is 17.2. The molecule has 0 spiro atoms. The Morgan fingerprint density at radius 1 is 1.24 bits per heavy atom. The second-order valence-corrected chi connectivity index (χ2v) is 6.43. The number of para-hydroxylation sites is 2. The Morgan fingerprint density at radius 3 is 2.56 bits per heavy atom. The zero-order valence-electron chi connectivity index (χ0n) is 15.0. The standard InChI is InChI=1S/C19H25N5O/c1-4-6-11-24-17(20)15(19(25)21-12(3)5-2)16-18(24)23-14-10-8-7-9-13(14)22-16/h7-10,12H,4-6,11,20H2,1-3H3,(H,21,25). The molecule has 6 nitrogen and oxygen atoms in total. The summed E-state index contributed by atoms with van der Waals surface area (Å²) in [5.74, 6) is 0.260. The van der Waals surface area contributed by atoms with Gasteiger partial charge in [0.25, 0.3) is 5.91 Å². The smallest absolute Gasteiger partial charge is 0.257 e. The highest BCUT2D eigenvalue weighted by Gasteiger charge is 2.24. The van der Waals surface area contributed by atoms with E-state index in [2.05, 4.69) is 12.2 Å². The molecule has 2 heterocycles. The van der Waals surface area contributed by atoms with Crippen molar-refractivity contribution in [1.82, 2.24) is 19.9 Å². The van der Waals surface area contributed by atoms with Gasteiger partial charge in [0, 0.05) is 12.6 Å². The van der Waals surface area contributed by atoms with Crippen LogP contribution in [0, 0.1) is 0 Å². The number of carbonyl (C=O) groups is 1. The van der Waals surface area contributed by atoms with Gasteiger partial charge < -0.3 is 15.6 Å². The van der Waals surface area contributed by atoms with Crippen LogP contribution < -0.4 is 11.1 Å². The molecule has 1 aromatic carbocycles. The third kappa shape index (κ3) is 3.16. The van der Waals surface area contributed by atoms with Crippen molar-refractivity contribution in [3.63, 3.8) is 0 Å². The molecular weight excluding hydrogens is 314 g/mol. The molecule has 132 valence electrons. The number of nitrogens with zero attached hydrogens (tertiary/aromatic N) is 3. The first-order valence-electron chi connectivity index (χ1n) is 8.92. The third-order valence-corrected chi connectivity index (χ3v) is 4.54. The quantitative estimate of drug-likeness (QED) is 0.720. The lowest BCUT2D eigenvalue weighted by Crippen LogP contribution is -2.32. The Hall–Kier alpha value is -2.63. The number of hydrogen-bond donors (Lipinski definition) is 2. The Kier molecular flexibility index (Phi) is 4.88. The van der Waals surface area contributed by atoms with E-state index in [4.69, 9.17) is 15.7 Å². The predicted molar refractivity (Wildman–Crippen MR) is 102 cm³/mol. The number of nitrogen functional groups attached to an aromatic ring is 1. The fraction of sp³-hybridized carbons (Fsp3) is 0.421. The summed E-state index contributed by atoms with van der Waals surface area (Å²) in [4.78, 5) is 22.2. The first-order valence-corrected chi connectivity index (χ1v) is 8.92. The van der Waals surface area contributed by atoms with Gasteiger partial charge in [0.15, 0.2) is 5.65 Å². The predicted octanol–water partition coefficient (Wildman–Crippen LogP) is 3.50. The lowest BCUT2D eigenvalue weighted by atomic mass is 10.2. The molecule has 1 amide bonds. The van der Waals surface area contributed by atoms with Gasteiger partial charge in [0.1, 0.15) is 16.9 Å². The molecule has 3 N–H and O–H groups in total. The largest absolute Gasteiger partial charge is 0.384 e. The molecule has 3 aromatic rings.